The highest BCUT2D eigenvalue weighted by Crippen LogP contribution is 2.27. The Labute approximate surface area is 96.6 Å². The van der Waals surface area contributed by atoms with Crippen LogP contribution in [0.5, 0.6) is 0 Å². The summed E-state index contributed by atoms with van der Waals surface area (Å²) >= 11 is 0. The highest BCUT2D eigenvalue weighted by atomic mass is 16.3. The van der Waals surface area contributed by atoms with E-state index in [1.807, 2.05) is 6.26 Å². The van der Waals surface area contributed by atoms with Gasteiger partial charge in [0.05, 0.1) is 6.26 Å². The van der Waals surface area contributed by atoms with Gasteiger partial charge >= 0.3 is 0 Å². The molecule has 1 aromatic carbocycles. The van der Waals surface area contributed by atoms with Gasteiger partial charge in [0.15, 0.2) is 0 Å². The molecule has 0 bridgehead atoms. The summed E-state index contributed by atoms with van der Waals surface area (Å²) in [4.78, 5) is 0. The lowest BCUT2D eigenvalue weighted by Gasteiger charge is -2.07. The molecule has 0 atom stereocenters. The molecule has 0 aliphatic heterocycles. The molecule has 86 valence electrons. The number of benzene rings is 1. The standard InChI is InChI=1S/C14H19NO/c1-9(2)15-7-12-8-16-14-11(4)6-5-10(3)13(12)14/h5-6,8-9,15H,7H2,1-4H3. The van der Waals surface area contributed by atoms with Gasteiger partial charge in [0, 0.05) is 23.5 Å². The number of aryl methyl sites for hydroxylation is 2. The Hall–Kier alpha value is -1.28. The molecule has 0 saturated heterocycles. The fourth-order valence-electron chi connectivity index (χ4n) is 1.97. The van der Waals surface area contributed by atoms with Crippen LogP contribution in [0.3, 0.4) is 0 Å². The summed E-state index contributed by atoms with van der Waals surface area (Å²) in [7, 11) is 0. The SMILES string of the molecule is Cc1ccc(C)c2c(CNC(C)C)coc12. The fourth-order valence-corrected chi connectivity index (χ4v) is 1.97. The van der Waals surface area contributed by atoms with E-state index in [9.17, 15) is 0 Å². The van der Waals surface area contributed by atoms with Gasteiger partial charge in [0.1, 0.15) is 5.58 Å². The number of fused-ring (bicyclic) bond motifs is 1. The van der Waals surface area contributed by atoms with Crippen molar-refractivity contribution >= 4 is 11.0 Å². The summed E-state index contributed by atoms with van der Waals surface area (Å²) in [6, 6.07) is 4.77. The molecular formula is C14H19NO. The predicted octanol–water partition coefficient (Wildman–Crippen LogP) is 3.55. The summed E-state index contributed by atoms with van der Waals surface area (Å²) in [6.07, 6.45) is 1.88. The normalized spacial score (nSPS) is 11.6. The van der Waals surface area contributed by atoms with E-state index in [1.165, 1.54) is 22.1 Å². The van der Waals surface area contributed by atoms with Crippen LogP contribution in [0, 0.1) is 13.8 Å². The molecule has 0 saturated carbocycles. The smallest absolute Gasteiger partial charge is 0.137 e. The lowest BCUT2D eigenvalue weighted by atomic mass is 10.0. The lowest BCUT2D eigenvalue weighted by Crippen LogP contribution is -2.21. The first kappa shape index (κ1) is 11.2. The summed E-state index contributed by atoms with van der Waals surface area (Å²) in [5, 5.41) is 4.70. The average molecular weight is 217 g/mol. The Morgan fingerprint density at radius 1 is 1.19 bits per heavy atom. The zero-order valence-electron chi connectivity index (χ0n) is 10.4. The number of hydrogen-bond donors (Lipinski definition) is 1. The molecule has 0 spiro atoms. The minimum Gasteiger partial charge on any atom is -0.464 e. The van der Waals surface area contributed by atoms with Gasteiger partial charge in [-0.05, 0) is 25.0 Å². The zero-order valence-corrected chi connectivity index (χ0v) is 10.4. The monoisotopic (exact) mass is 217 g/mol. The van der Waals surface area contributed by atoms with Gasteiger partial charge < -0.3 is 9.73 Å². The molecule has 2 rings (SSSR count). The van der Waals surface area contributed by atoms with Gasteiger partial charge in [-0.2, -0.15) is 0 Å². The van der Waals surface area contributed by atoms with Crippen LogP contribution in [0.4, 0.5) is 0 Å². The highest BCUT2D eigenvalue weighted by Gasteiger charge is 2.10. The Morgan fingerprint density at radius 3 is 2.56 bits per heavy atom. The molecule has 1 N–H and O–H groups in total. The van der Waals surface area contributed by atoms with Crippen molar-refractivity contribution in [3.63, 3.8) is 0 Å². The van der Waals surface area contributed by atoms with Crippen molar-refractivity contribution in [2.75, 3.05) is 0 Å². The molecule has 2 aromatic rings. The molecule has 16 heavy (non-hydrogen) atoms. The van der Waals surface area contributed by atoms with E-state index in [4.69, 9.17) is 4.42 Å². The van der Waals surface area contributed by atoms with E-state index < -0.39 is 0 Å². The van der Waals surface area contributed by atoms with E-state index in [-0.39, 0.29) is 0 Å². The quantitative estimate of drug-likeness (QED) is 0.850. The van der Waals surface area contributed by atoms with E-state index in [0.29, 0.717) is 6.04 Å². The van der Waals surface area contributed by atoms with Gasteiger partial charge in [-0.15, -0.1) is 0 Å². The van der Waals surface area contributed by atoms with Crippen LogP contribution < -0.4 is 5.32 Å². The van der Waals surface area contributed by atoms with Gasteiger partial charge in [0.2, 0.25) is 0 Å². The second-order valence-corrected chi connectivity index (χ2v) is 4.70. The Morgan fingerprint density at radius 2 is 1.88 bits per heavy atom. The fraction of sp³-hybridized carbons (Fsp3) is 0.429. The van der Waals surface area contributed by atoms with Crippen molar-refractivity contribution in [3.8, 4) is 0 Å². The first-order chi connectivity index (χ1) is 7.59. The Kier molecular flexibility index (Phi) is 3.01. The Bertz CT molecular complexity index is 497. The summed E-state index contributed by atoms with van der Waals surface area (Å²) in [5.41, 5.74) is 4.77. The van der Waals surface area contributed by atoms with Crippen molar-refractivity contribution in [2.24, 2.45) is 0 Å². The number of nitrogens with one attached hydrogen (secondary N) is 1. The molecule has 0 radical (unpaired) electrons. The van der Waals surface area contributed by atoms with Crippen molar-refractivity contribution < 1.29 is 4.42 Å². The average Bonchev–Trinajstić information content (AvgIpc) is 2.65. The van der Waals surface area contributed by atoms with Crippen molar-refractivity contribution in [2.45, 2.75) is 40.3 Å². The van der Waals surface area contributed by atoms with Crippen molar-refractivity contribution in [1.29, 1.82) is 0 Å². The minimum atomic E-state index is 0.495. The molecule has 0 amide bonds. The van der Waals surface area contributed by atoms with Crippen LogP contribution >= 0.6 is 0 Å². The number of rotatable bonds is 3. The lowest BCUT2D eigenvalue weighted by molar-refractivity contribution is 0.572. The zero-order chi connectivity index (χ0) is 11.7. The van der Waals surface area contributed by atoms with Crippen molar-refractivity contribution in [3.05, 3.63) is 35.1 Å². The van der Waals surface area contributed by atoms with E-state index >= 15 is 0 Å². The first-order valence-electron chi connectivity index (χ1n) is 5.79. The van der Waals surface area contributed by atoms with Crippen LogP contribution in [0.15, 0.2) is 22.8 Å². The third kappa shape index (κ3) is 1.98. The summed E-state index contributed by atoms with van der Waals surface area (Å²) < 4.78 is 5.65. The van der Waals surface area contributed by atoms with Crippen LogP contribution in [-0.4, -0.2) is 6.04 Å². The molecule has 1 aromatic heterocycles. The van der Waals surface area contributed by atoms with Gasteiger partial charge in [-0.1, -0.05) is 26.0 Å². The second kappa shape index (κ2) is 4.30. The van der Waals surface area contributed by atoms with Gasteiger partial charge in [-0.3, -0.25) is 0 Å². The largest absolute Gasteiger partial charge is 0.464 e. The van der Waals surface area contributed by atoms with Gasteiger partial charge in [-0.25, -0.2) is 0 Å². The minimum absolute atomic E-state index is 0.495. The topological polar surface area (TPSA) is 25.2 Å². The van der Waals surface area contributed by atoms with E-state index in [0.717, 1.165) is 12.1 Å². The third-order valence-electron chi connectivity index (χ3n) is 2.90. The third-order valence-corrected chi connectivity index (χ3v) is 2.90. The summed E-state index contributed by atoms with van der Waals surface area (Å²) in [6.45, 7) is 9.40. The second-order valence-electron chi connectivity index (χ2n) is 4.70. The molecule has 0 unspecified atom stereocenters. The van der Waals surface area contributed by atoms with Crippen molar-refractivity contribution in [1.82, 2.24) is 5.32 Å². The highest BCUT2D eigenvalue weighted by molar-refractivity contribution is 5.86. The van der Waals surface area contributed by atoms with E-state index in [1.54, 1.807) is 0 Å². The molecule has 1 heterocycles. The molecule has 2 heteroatoms. The Balaban J connectivity index is 2.43. The molecule has 2 nitrogen and oxygen atoms in total. The predicted molar refractivity (Wildman–Crippen MR) is 67.7 cm³/mol. The number of furan rings is 1. The first-order valence-corrected chi connectivity index (χ1v) is 5.79. The van der Waals surface area contributed by atoms with Gasteiger partial charge in [0.25, 0.3) is 0 Å². The number of hydrogen-bond acceptors (Lipinski definition) is 2. The van der Waals surface area contributed by atoms with Crippen LogP contribution in [0.2, 0.25) is 0 Å². The molecule has 0 aliphatic rings. The maximum absolute atomic E-state index is 5.65. The molecule has 0 aliphatic carbocycles. The summed E-state index contributed by atoms with van der Waals surface area (Å²) in [5.74, 6) is 0. The van der Waals surface area contributed by atoms with Crippen LogP contribution in [-0.2, 0) is 6.54 Å². The van der Waals surface area contributed by atoms with E-state index in [2.05, 4.69) is 45.1 Å². The van der Waals surface area contributed by atoms with Crippen LogP contribution in [0.1, 0.15) is 30.5 Å². The molecular weight excluding hydrogens is 198 g/mol. The van der Waals surface area contributed by atoms with Crippen LogP contribution in [0.25, 0.3) is 11.0 Å². The maximum Gasteiger partial charge on any atom is 0.137 e. The molecule has 0 fully saturated rings. The maximum atomic E-state index is 5.65.